The third-order valence-electron chi connectivity index (χ3n) is 2.75. The summed E-state index contributed by atoms with van der Waals surface area (Å²) in [6.07, 6.45) is 6.26. The maximum absolute atomic E-state index is 3.69. The largest absolute Gasteiger partial charge is 0.303 e. The molecule has 0 aromatic carbocycles. The Hall–Kier alpha value is 0.397. The normalized spacial score (nSPS) is 21.3. The van der Waals surface area contributed by atoms with E-state index in [1.807, 2.05) is 0 Å². The summed E-state index contributed by atoms with van der Waals surface area (Å²) in [4.78, 5) is 3.36. The average molecular weight is 290 g/mol. The van der Waals surface area contributed by atoms with Crippen LogP contribution in [0.1, 0.15) is 19.3 Å². The van der Waals surface area contributed by atoms with E-state index in [0.29, 0.717) is 0 Å². The third-order valence-corrected chi connectivity index (χ3v) is 4.90. The molecule has 1 aliphatic heterocycles. The zero-order chi connectivity index (χ0) is 11.3. The van der Waals surface area contributed by atoms with Crippen molar-refractivity contribution in [1.29, 1.82) is 0 Å². The molecule has 0 saturated carbocycles. The summed E-state index contributed by atoms with van der Waals surface area (Å²) < 4.78 is 0. The Bertz CT molecular complexity index is 202. The monoisotopic (exact) mass is 289 g/mol. The van der Waals surface area contributed by atoms with Crippen LogP contribution in [0.4, 0.5) is 0 Å². The molecule has 1 fully saturated rings. The first-order chi connectivity index (χ1) is 6.97. The second-order valence-corrected chi connectivity index (χ2v) is 11.9. The van der Waals surface area contributed by atoms with Crippen molar-refractivity contribution in [2.45, 2.75) is 43.7 Å². The maximum Gasteiger partial charge on any atom is 0.0682 e. The molecular weight excluding hydrogens is 266 g/mol. The summed E-state index contributed by atoms with van der Waals surface area (Å²) in [7, 11) is -0.962. The van der Waals surface area contributed by atoms with E-state index in [2.05, 4.69) is 52.2 Å². The third kappa shape index (κ3) is 6.54. The predicted octanol–water partition coefficient (Wildman–Crippen LogP) is 3.67. The quantitative estimate of drug-likeness (QED) is 0.564. The Labute approximate surface area is 104 Å². The Morgan fingerprint density at radius 3 is 2.40 bits per heavy atom. The predicted molar refractivity (Wildman–Crippen MR) is 75.5 cm³/mol. The van der Waals surface area contributed by atoms with E-state index in [-0.39, 0.29) is 0 Å². The zero-order valence-corrected chi connectivity index (χ0v) is 12.9. The van der Waals surface area contributed by atoms with Crippen LogP contribution in [0.25, 0.3) is 0 Å². The van der Waals surface area contributed by atoms with Crippen molar-refractivity contribution < 1.29 is 0 Å². The van der Waals surface area contributed by atoms with Crippen molar-refractivity contribution in [3.8, 4) is 0 Å². The van der Waals surface area contributed by atoms with Gasteiger partial charge in [-0.2, -0.15) is 0 Å². The van der Waals surface area contributed by atoms with Gasteiger partial charge in [-0.15, -0.1) is 0 Å². The van der Waals surface area contributed by atoms with Crippen LogP contribution in [0, 0.1) is 0 Å². The highest BCUT2D eigenvalue weighted by atomic mass is 79.9. The van der Waals surface area contributed by atoms with Gasteiger partial charge >= 0.3 is 0 Å². The first-order valence-electron chi connectivity index (χ1n) is 6.01. The lowest BCUT2D eigenvalue weighted by atomic mass is 10.1. The SMILES string of the molecule is C[Si](C)(C)/C=C\CCN1CCC(Br)CC1. The van der Waals surface area contributed by atoms with Gasteiger partial charge in [0.1, 0.15) is 0 Å². The number of halogens is 1. The molecule has 15 heavy (non-hydrogen) atoms. The van der Waals surface area contributed by atoms with Crippen molar-refractivity contribution in [3.63, 3.8) is 0 Å². The lowest BCUT2D eigenvalue weighted by molar-refractivity contribution is 0.238. The van der Waals surface area contributed by atoms with Gasteiger partial charge in [-0.25, -0.2) is 0 Å². The van der Waals surface area contributed by atoms with Gasteiger partial charge in [0.05, 0.1) is 8.07 Å². The van der Waals surface area contributed by atoms with E-state index < -0.39 is 8.07 Å². The second kappa shape index (κ2) is 6.21. The van der Waals surface area contributed by atoms with Crippen LogP contribution in [0.5, 0.6) is 0 Å². The molecule has 1 saturated heterocycles. The number of piperidine rings is 1. The molecule has 88 valence electrons. The Kier molecular flexibility index (Phi) is 5.57. The lowest BCUT2D eigenvalue weighted by Gasteiger charge is -2.28. The minimum absolute atomic E-state index is 0.770. The van der Waals surface area contributed by atoms with E-state index in [4.69, 9.17) is 0 Å². The van der Waals surface area contributed by atoms with Crippen LogP contribution in [-0.2, 0) is 0 Å². The molecule has 0 aliphatic carbocycles. The number of hydrogen-bond acceptors (Lipinski definition) is 1. The number of nitrogens with zero attached hydrogens (tertiary/aromatic N) is 1. The second-order valence-electron chi connectivity index (χ2n) is 5.57. The maximum atomic E-state index is 3.69. The zero-order valence-electron chi connectivity index (χ0n) is 10.3. The smallest absolute Gasteiger partial charge is 0.0682 e. The van der Waals surface area contributed by atoms with Crippen LogP contribution in [0.3, 0.4) is 0 Å². The van der Waals surface area contributed by atoms with E-state index in [9.17, 15) is 0 Å². The van der Waals surface area contributed by atoms with Crippen LogP contribution in [-0.4, -0.2) is 37.4 Å². The summed E-state index contributed by atoms with van der Waals surface area (Å²) in [5.74, 6) is 0. The van der Waals surface area contributed by atoms with Crippen molar-refractivity contribution in [2.75, 3.05) is 19.6 Å². The van der Waals surface area contributed by atoms with Crippen LogP contribution in [0.15, 0.2) is 11.8 Å². The van der Waals surface area contributed by atoms with Crippen molar-refractivity contribution in [2.24, 2.45) is 0 Å². The summed E-state index contributed by atoms with van der Waals surface area (Å²) in [6.45, 7) is 11.0. The number of rotatable bonds is 4. The molecule has 1 rings (SSSR count). The van der Waals surface area contributed by atoms with Crippen LogP contribution < -0.4 is 0 Å². The fourth-order valence-electron chi connectivity index (χ4n) is 1.82. The van der Waals surface area contributed by atoms with Gasteiger partial charge in [-0.3, -0.25) is 0 Å². The molecule has 0 amide bonds. The van der Waals surface area contributed by atoms with Crippen LogP contribution >= 0.6 is 15.9 Å². The van der Waals surface area contributed by atoms with Gasteiger partial charge in [0.15, 0.2) is 0 Å². The van der Waals surface area contributed by atoms with Gasteiger partial charge in [-0.1, -0.05) is 47.3 Å². The molecule has 0 atom stereocenters. The standard InChI is InChI=1S/C12H24BrNSi/c1-15(2,3)11-5-4-8-14-9-6-12(13)7-10-14/h5,11-12H,4,6-10H2,1-3H3/b11-5-. The van der Waals surface area contributed by atoms with Crippen molar-refractivity contribution in [3.05, 3.63) is 11.8 Å². The van der Waals surface area contributed by atoms with E-state index in [0.717, 1.165) is 4.83 Å². The van der Waals surface area contributed by atoms with E-state index in [1.165, 1.54) is 38.9 Å². The number of likely N-dealkylation sites (tertiary alicyclic amines) is 1. The molecule has 0 aromatic rings. The number of alkyl halides is 1. The highest BCUT2D eigenvalue weighted by Crippen LogP contribution is 2.17. The summed E-state index contributed by atoms with van der Waals surface area (Å²) in [5.41, 5.74) is 2.46. The molecule has 0 spiro atoms. The van der Waals surface area contributed by atoms with Crippen molar-refractivity contribution in [1.82, 2.24) is 4.90 Å². The van der Waals surface area contributed by atoms with E-state index in [1.54, 1.807) is 0 Å². The average Bonchev–Trinajstić information content (AvgIpc) is 2.14. The Balaban J connectivity index is 2.13. The topological polar surface area (TPSA) is 3.24 Å². The van der Waals surface area contributed by atoms with Gasteiger partial charge in [0, 0.05) is 11.4 Å². The van der Waals surface area contributed by atoms with Gasteiger partial charge < -0.3 is 4.90 Å². The fraction of sp³-hybridized carbons (Fsp3) is 0.833. The molecular formula is C12H24BrNSi. The van der Waals surface area contributed by atoms with Gasteiger partial charge in [-0.05, 0) is 32.4 Å². The van der Waals surface area contributed by atoms with Crippen molar-refractivity contribution >= 4 is 24.0 Å². The molecule has 1 nitrogen and oxygen atoms in total. The molecule has 0 aromatic heterocycles. The molecule has 1 heterocycles. The molecule has 0 N–H and O–H groups in total. The molecule has 0 radical (unpaired) electrons. The number of hydrogen-bond donors (Lipinski definition) is 0. The summed E-state index contributed by atoms with van der Waals surface area (Å²) in [5, 5.41) is 0. The first-order valence-corrected chi connectivity index (χ1v) is 10.5. The van der Waals surface area contributed by atoms with Gasteiger partial charge in [0.25, 0.3) is 0 Å². The van der Waals surface area contributed by atoms with E-state index >= 15 is 0 Å². The minimum Gasteiger partial charge on any atom is -0.303 e. The summed E-state index contributed by atoms with van der Waals surface area (Å²) >= 11 is 3.69. The fourth-order valence-corrected chi connectivity index (χ4v) is 3.10. The van der Waals surface area contributed by atoms with Gasteiger partial charge in [0.2, 0.25) is 0 Å². The first kappa shape index (κ1) is 13.5. The summed E-state index contributed by atoms with van der Waals surface area (Å²) in [6, 6.07) is 0. The highest BCUT2D eigenvalue weighted by molar-refractivity contribution is 9.09. The molecule has 0 unspecified atom stereocenters. The Morgan fingerprint density at radius 2 is 1.87 bits per heavy atom. The molecule has 3 heteroatoms. The van der Waals surface area contributed by atoms with Crippen LogP contribution in [0.2, 0.25) is 19.6 Å². The Morgan fingerprint density at radius 1 is 1.27 bits per heavy atom. The minimum atomic E-state index is -0.962. The highest BCUT2D eigenvalue weighted by Gasteiger charge is 2.15. The lowest BCUT2D eigenvalue weighted by Crippen LogP contribution is -2.34. The molecule has 1 aliphatic rings. The molecule has 0 bridgehead atoms.